The number of hydrogen-bond acceptors (Lipinski definition) is 4. The molecular weight excluding hydrogens is 346 g/mol. The quantitative estimate of drug-likeness (QED) is 0.670. The highest BCUT2D eigenvalue weighted by Gasteiger charge is 2.15. The third kappa shape index (κ3) is 4.01. The van der Waals surface area contributed by atoms with Gasteiger partial charge in [0.2, 0.25) is 5.43 Å². The van der Waals surface area contributed by atoms with Gasteiger partial charge in [-0.3, -0.25) is 4.79 Å². The molecule has 27 heavy (non-hydrogen) atoms. The molecule has 2 N–H and O–H groups in total. The van der Waals surface area contributed by atoms with Gasteiger partial charge in [-0.05, 0) is 48.7 Å². The summed E-state index contributed by atoms with van der Waals surface area (Å²) in [7, 11) is 0. The summed E-state index contributed by atoms with van der Waals surface area (Å²) in [6.45, 7) is 2.57. The summed E-state index contributed by atoms with van der Waals surface area (Å²) in [5, 5.41) is 18.9. The smallest absolute Gasteiger partial charge is 0.341 e. The van der Waals surface area contributed by atoms with Gasteiger partial charge in [-0.15, -0.1) is 0 Å². The second-order valence-electron chi connectivity index (χ2n) is 6.20. The number of aliphatic hydroxyl groups is 1. The average Bonchev–Trinajstić information content (AvgIpc) is 2.64. The summed E-state index contributed by atoms with van der Waals surface area (Å²) in [5.74, 6) is -0.488. The third-order valence-corrected chi connectivity index (χ3v) is 4.33. The maximum absolute atomic E-state index is 12.6. The lowest BCUT2D eigenvalue weighted by molar-refractivity contribution is 0.0694. The fourth-order valence-corrected chi connectivity index (χ4v) is 3.15. The Morgan fingerprint density at radius 2 is 1.93 bits per heavy atom. The van der Waals surface area contributed by atoms with Gasteiger partial charge in [0.1, 0.15) is 11.3 Å². The summed E-state index contributed by atoms with van der Waals surface area (Å²) in [6, 6.07) is 13.2. The van der Waals surface area contributed by atoms with E-state index in [-0.39, 0.29) is 18.7 Å². The Bertz CT molecular complexity index is 1040. The Balaban J connectivity index is 2.06. The van der Waals surface area contributed by atoms with Crippen molar-refractivity contribution in [1.29, 1.82) is 0 Å². The molecule has 0 unspecified atom stereocenters. The molecule has 3 rings (SSSR count). The predicted octanol–water partition coefficient (Wildman–Crippen LogP) is 2.68. The minimum absolute atomic E-state index is 0.150. The van der Waals surface area contributed by atoms with Crippen LogP contribution in [0.5, 0.6) is 5.75 Å². The zero-order chi connectivity index (χ0) is 19.4. The number of benzene rings is 2. The van der Waals surface area contributed by atoms with Crippen molar-refractivity contribution in [2.45, 2.75) is 19.9 Å². The third-order valence-electron chi connectivity index (χ3n) is 4.33. The molecule has 3 aromatic rings. The Kier molecular flexibility index (Phi) is 5.57. The highest BCUT2D eigenvalue weighted by Crippen LogP contribution is 2.20. The van der Waals surface area contributed by atoms with E-state index in [1.54, 1.807) is 16.7 Å². The molecule has 0 aliphatic rings. The number of pyridine rings is 1. The SMILES string of the molecule is CCOc1cccc(Cc2ccc3c(c2)c(=O)c(C(=O)O)cn3CCO)c1. The number of ether oxygens (including phenoxy) is 1. The molecule has 0 radical (unpaired) electrons. The lowest BCUT2D eigenvalue weighted by atomic mass is 10.0. The van der Waals surface area contributed by atoms with Crippen LogP contribution in [0.2, 0.25) is 0 Å². The number of nitrogens with zero attached hydrogens (tertiary/aromatic N) is 1. The molecule has 0 saturated heterocycles. The summed E-state index contributed by atoms with van der Waals surface area (Å²) >= 11 is 0. The Labute approximate surface area is 156 Å². The van der Waals surface area contributed by atoms with E-state index in [1.165, 1.54) is 6.20 Å². The van der Waals surface area contributed by atoms with Crippen LogP contribution < -0.4 is 10.2 Å². The second-order valence-corrected chi connectivity index (χ2v) is 6.20. The van der Waals surface area contributed by atoms with Gasteiger partial charge in [0.05, 0.1) is 18.7 Å². The van der Waals surface area contributed by atoms with Gasteiger partial charge in [-0.1, -0.05) is 18.2 Å². The fourth-order valence-electron chi connectivity index (χ4n) is 3.15. The van der Waals surface area contributed by atoms with E-state index in [2.05, 4.69) is 0 Å². The van der Waals surface area contributed by atoms with E-state index < -0.39 is 11.4 Å². The normalized spacial score (nSPS) is 10.9. The monoisotopic (exact) mass is 367 g/mol. The molecule has 0 spiro atoms. The van der Waals surface area contributed by atoms with E-state index in [4.69, 9.17) is 4.74 Å². The maximum Gasteiger partial charge on any atom is 0.341 e. The van der Waals surface area contributed by atoms with Crippen molar-refractivity contribution in [2.24, 2.45) is 0 Å². The van der Waals surface area contributed by atoms with Crippen LogP contribution in [0.4, 0.5) is 0 Å². The first-order chi connectivity index (χ1) is 13.0. The average molecular weight is 367 g/mol. The Morgan fingerprint density at radius 3 is 2.63 bits per heavy atom. The van der Waals surface area contributed by atoms with Gasteiger partial charge >= 0.3 is 5.97 Å². The van der Waals surface area contributed by atoms with Crippen molar-refractivity contribution in [3.8, 4) is 5.75 Å². The molecule has 6 heteroatoms. The summed E-state index contributed by atoms with van der Waals surface area (Å²) in [5.41, 5.74) is 1.71. The van der Waals surface area contributed by atoms with Crippen molar-refractivity contribution in [3.63, 3.8) is 0 Å². The number of carbonyl (C=O) groups is 1. The fraction of sp³-hybridized carbons (Fsp3) is 0.238. The Hall–Kier alpha value is -3.12. The summed E-state index contributed by atoms with van der Waals surface area (Å²) in [4.78, 5) is 24.0. The van der Waals surface area contributed by atoms with E-state index in [0.717, 1.165) is 16.9 Å². The van der Waals surface area contributed by atoms with Crippen LogP contribution >= 0.6 is 0 Å². The van der Waals surface area contributed by atoms with Crippen molar-refractivity contribution in [1.82, 2.24) is 4.57 Å². The minimum atomic E-state index is -1.27. The molecule has 1 heterocycles. The zero-order valence-corrected chi connectivity index (χ0v) is 15.0. The summed E-state index contributed by atoms with van der Waals surface area (Å²) in [6.07, 6.45) is 1.88. The van der Waals surface area contributed by atoms with Gasteiger partial charge in [0, 0.05) is 18.1 Å². The molecule has 0 atom stereocenters. The lowest BCUT2D eigenvalue weighted by Gasteiger charge is -2.12. The zero-order valence-electron chi connectivity index (χ0n) is 15.0. The first kappa shape index (κ1) is 18.7. The van der Waals surface area contributed by atoms with Crippen LogP contribution in [-0.4, -0.2) is 34.0 Å². The molecule has 140 valence electrons. The van der Waals surface area contributed by atoms with Crippen molar-refractivity contribution < 1.29 is 19.7 Å². The van der Waals surface area contributed by atoms with Gasteiger partial charge in [-0.2, -0.15) is 0 Å². The highest BCUT2D eigenvalue weighted by atomic mass is 16.5. The van der Waals surface area contributed by atoms with Gasteiger partial charge in [0.25, 0.3) is 0 Å². The first-order valence-corrected chi connectivity index (χ1v) is 8.75. The van der Waals surface area contributed by atoms with E-state index in [1.807, 2.05) is 37.3 Å². The molecule has 0 amide bonds. The molecule has 0 aliphatic heterocycles. The van der Waals surface area contributed by atoms with Crippen molar-refractivity contribution in [3.05, 3.63) is 75.6 Å². The van der Waals surface area contributed by atoms with Crippen LogP contribution in [0.25, 0.3) is 10.9 Å². The largest absolute Gasteiger partial charge is 0.494 e. The standard InChI is InChI=1S/C21H21NO5/c1-2-27-16-5-3-4-14(11-16)10-15-6-7-19-17(12-15)20(24)18(21(25)26)13-22(19)8-9-23/h3-7,11-13,23H,2,8-10H2,1H3,(H,25,26). The van der Waals surface area contributed by atoms with E-state index >= 15 is 0 Å². The first-order valence-electron chi connectivity index (χ1n) is 8.75. The molecule has 1 aromatic heterocycles. The van der Waals surface area contributed by atoms with Crippen molar-refractivity contribution in [2.75, 3.05) is 13.2 Å². The number of aliphatic hydroxyl groups excluding tert-OH is 1. The Morgan fingerprint density at radius 1 is 1.15 bits per heavy atom. The number of aromatic nitrogens is 1. The van der Waals surface area contributed by atoms with Crippen LogP contribution in [0.15, 0.2) is 53.5 Å². The van der Waals surface area contributed by atoms with Gasteiger partial charge in [0.15, 0.2) is 0 Å². The number of fused-ring (bicyclic) bond motifs is 1. The molecule has 0 fully saturated rings. The topological polar surface area (TPSA) is 88.8 Å². The van der Waals surface area contributed by atoms with Crippen LogP contribution in [-0.2, 0) is 13.0 Å². The molecule has 0 saturated carbocycles. The van der Waals surface area contributed by atoms with Gasteiger partial charge < -0.3 is 19.5 Å². The van der Waals surface area contributed by atoms with Crippen LogP contribution in [0, 0.1) is 0 Å². The van der Waals surface area contributed by atoms with Crippen LogP contribution in [0.1, 0.15) is 28.4 Å². The van der Waals surface area contributed by atoms with E-state index in [0.29, 0.717) is 23.9 Å². The molecular formula is C21H21NO5. The van der Waals surface area contributed by atoms with E-state index in [9.17, 15) is 19.8 Å². The predicted molar refractivity (Wildman–Crippen MR) is 103 cm³/mol. The second kappa shape index (κ2) is 8.05. The molecule has 2 aromatic carbocycles. The number of hydrogen-bond donors (Lipinski definition) is 2. The highest BCUT2D eigenvalue weighted by molar-refractivity contribution is 5.92. The van der Waals surface area contributed by atoms with Gasteiger partial charge in [-0.25, -0.2) is 4.79 Å². The molecule has 0 aliphatic carbocycles. The number of carboxylic acid groups (broad SMARTS) is 1. The maximum atomic E-state index is 12.6. The number of rotatable bonds is 7. The number of carboxylic acids is 1. The lowest BCUT2D eigenvalue weighted by Crippen LogP contribution is -2.19. The number of aromatic carboxylic acids is 1. The molecule has 0 bridgehead atoms. The molecule has 6 nitrogen and oxygen atoms in total. The summed E-state index contributed by atoms with van der Waals surface area (Å²) < 4.78 is 7.11. The van der Waals surface area contributed by atoms with Crippen LogP contribution in [0.3, 0.4) is 0 Å². The van der Waals surface area contributed by atoms with Crippen molar-refractivity contribution >= 4 is 16.9 Å². The minimum Gasteiger partial charge on any atom is -0.494 e.